The number of unbranched alkanes of at least 4 members (excludes halogenated alkanes) is 4. The van der Waals surface area contributed by atoms with E-state index in [4.69, 9.17) is 14.7 Å². The van der Waals surface area contributed by atoms with Gasteiger partial charge in [-0.3, -0.25) is 0 Å². The summed E-state index contributed by atoms with van der Waals surface area (Å²) >= 11 is 0. The van der Waals surface area contributed by atoms with E-state index in [2.05, 4.69) is 6.92 Å². The zero-order chi connectivity index (χ0) is 23.5. The van der Waals surface area contributed by atoms with E-state index in [1.165, 1.54) is 62.6 Å². The van der Waals surface area contributed by atoms with Gasteiger partial charge in [0, 0.05) is 19.3 Å². The van der Waals surface area contributed by atoms with Crippen molar-refractivity contribution in [3.8, 4) is 11.8 Å². The van der Waals surface area contributed by atoms with Crippen LogP contribution in [0.1, 0.15) is 92.1 Å². The number of ether oxygens (including phenoxy) is 2. The third kappa shape index (κ3) is 7.68. The van der Waals surface area contributed by atoms with Gasteiger partial charge in [-0.2, -0.15) is 5.26 Å². The summed E-state index contributed by atoms with van der Waals surface area (Å²) in [7, 11) is 0. The largest absolute Gasteiger partial charge is 0.423 e. The van der Waals surface area contributed by atoms with Crippen molar-refractivity contribution in [1.29, 1.82) is 5.26 Å². The molecular formula is C28H34FNO3. The first-order valence-corrected chi connectivity index (χ1v) is 12.2. The van der Waals surface area contributed by atoms with Gasteiger partial charge in [-0.15, -0.1) is 0 Å². The van der Waals surface area contributed by atoms with Crippen LogP contribution in [0.4, 0.5) is 4.39 Å². The molecule has 0 saturated heterocycles. The minimum Gasteiger partial charge on any atom is -0.423 e. The number of rotatable bonds is 11. The van der Waals surface area contributed by atoms with Crippen molar-refractivity contribution in [2.75, 3.05) is 13.2 Å². The standard InChI is InChI=1S/C28H34FNO3/c1-2-3-4-5-6-17-32-20-21-7-9-22(10-8-21)23-11-13-24(14-12-23)28(31)33-26-16-15-25(19-30)27(29)18-26/h11-16,18,21-22H,2-10,17,20H2,1H3/t21-,22-. The van der Waals surface area contributed by atoms with Gasteiger partial charge in [0.1, 0.15) is 17.6 Å². The average molecular weight is 452 g/mol. The molecule has 0 bridgehead atoms. The molecule has 5 heteroatoms. The molecular weight excluding hydrogens is 417 g/mol. The second kappa shape index (κ2) is 13.1. The van der Waals surface area contributed by atoms with Crippen LogP contribution in [0.15, 0.2) is 42.5 Å². The Hall–Kier alpha value is -2.71. The summed E-state index contributed by atoms with van der Waals surface area (Å²) in [5.41, 5.74) is 1.58. The molecule has 0 unspecified atom stereocenters. The SMILES string of the molecule is CCCCCCCOC[C@H]1CC[C@H](c2ccc(C(=O)Oc3ccc(C#N)c(F)c3)cc2)CC1. The molecule has 2 aromatic rings. The van der Waals surface area contributed by atoms with E-state index < -0.39 is 11.8 Å². The van der Waals surface area contributed by atoms with E-state index in [0.717, 1.165) is 32.1 Å². The van der Waals surface area contributed by atoms with Crippen molar-refractivity contribution in [1.82, 2.24) is 0 Å². The van der Waals surface area contributed by atoms with Gasteiger partial charge in [-0.1, -0.05) is 44.7 Å². The lowest BCUT2D eigenvalue weighted by Gasteiger charge is -2.28. The molecule has 0 atom stereocenters. The molecule has 0 N–H and O–H groups in total. The van der Waals surface area contributed by atoms with Gasteiger partial charge in [-0.25, -0.2) is 9.18 Å². The fraction of sp³-hybridized carbons (Fsp3) is 0.500. The molecule has 1 aliphatic rings. The summed E-state index contributed by atoms with van der Waals surface area (Å²) < 4.78 is 24.9. The van der Waals surface area contributed by atoms with Crippen LogP contribution in [0.5, 0.6) is 5.75 Å². The van der Waals surface area contributed by atoms with Crippen molar-refractivity contribution in [3.05, 3.63) is 65.0 Å². The van der Waals surface area contributed by atoms with Crippen LogP contribution >= 0.6 is 0 Å². The van der Waals surface area contributed by atoms with Crippen molar-refractivity contribution in [2.24, 2.45) is 5.92 Å². The lowest BCUT2D eigenvalue weighted by Crippen LogP contribution is -2.18. The summed E-state index contributed by atoms with van der Waals surface area (Å²) in [6, 6.07) is 13.0. The van der Waals surface area contributed by atoms with Crippen LogP contribution in [-0.4, -0.2) is 19.2 Å². The normalized spacial score (nSPS) is 18.0. The number of nitriles is 1. The van der Waals surface area contributed by atoms with Crippen molar-refractivity contribution >= 4 is 5.97 Å². The summed E-state index contributed by atoms with van der Waals surface area (Å²) in [4.78, 5) is 12.4. The molecule has 176 valence electrons. The number of carbonyl (C=O) groups is 1. The maximum atomic E-state index is 13.7. The fourth-order valence-electron chi connectivity index (χ4n) is 4.43. The number of esters is 1. The van der Waals surface area contributed by atoms with E-state index in [1.54, 1.807) is 18.2 Å². The highest BCUT2D eigenvalue weighted by Gasteiger charge is 2.23. The summed E-state index contributed by atoms with van der Waals surface area (Å²) in [6.45, 7) is 4.00. The molecule has 4 nitrogen and oxygen atoms in total. The van der Waals surface area contributed by atoms with E-state index in [0.29, 0.717) is 17.4 Å². The van der Waals surface area contributed by atoms with Crippen LogP contribution < -0.4 is 4.74 Å². The van der Waals surface area contributed by atoms with Gasteiger partial charge in [-0.05, 0) is 73.8 Å². The third-order valence-corrected chi connectivity index (χ3v) is 6.48. The van der Waals surface area contributed by atoms with Crippen molar-refractivity contribution in [3.63, 3.8) is 0 Å². The van der Waals surface area contributed by atoms with E-state index in [-0.39, 0.29) is 11.3 Å². The molecule has 2 aromatic carbocycles. The molecule has 0 heterocycles. The summed E-state index contributed by atoms with van der Waals surface area (Å²) in [5.74, 6) is 0.00126. The molecule has 1 fully saturated rings. The van der Waals surface area contributed by atoms with Crippen LogP contribution in [0, 0.1) is 23.1 Å². The second-order valence-corrected chi connectivity index (χ2v) is 8.97. The molecule has 1 aliphatic carbocycles. The highest BCUT2D eigenvalue weighted by atomic mass is 19.1. The second-order valence-electron chi connectivity index (χ2n) is 8.97. The zero-order valence-corrected chi connectivity index (χ0v) is 19.5. The van der Waals surface area contributed by atoms with E-state index >= 15 is 0 Å². The summed E-state index contributed by atoms with van der Waals surface area (Å²) in [5, 5.41) is 8.79. The number of nitrogens with zero attached hydrogens (tertiary/aromatic N) is 1. The molecule has 3 rings (SSSR count). The number of carbonyl (C=O) groups excluding carboxylic acids is 1. The maximum Gasteiger partial charge on any atom is 0.343 e. The molecule has 33 heavy (non-hydrogen) atoms. The fourth-order valence-corrected chi connectivity index (χ4v) is 4.43. The van der Waals surface area contributed by atoms with Gasteiger partial charge in [0.15, 0.2) is 0 Å². The van der Waals surface area contributed by atoms with Crippen LogP contribution in [0.25, 0.3) is 0 Å². The summed E-state index contributed by atoms with van der Waals surface area (Å²) in [6.07, 6.45) is 11.0. The average Bonchev–Trinajstić information content (AvgIpc) is 2.84. The Kier molecular flexibility index (Phi) is 9.90. The van der Waals surface area contributed by atoms with Crippen LogP contribution in [0.2, 0.25) is 0 Å². The number of halogens is 1. The Bertz CT molecular complexity index is 927. The predicted molar refractivity (Wildman–Crippen MR) is 127 cm³/mol. The van der Waals surface area contributed by atoms with Gasteiger partial charge in [0.05, 0.1) is 11.1 Å². The minimum atomic E-state index is -0.703. The smallest absolute Gasteiger partial charge is 0.343 e. The maximum absolute atomic E-state index is 13.7. The van der Waals surface area contributed by atoms with Gasteiger partial charge < -0.3 is 9.47 Å². The van der Waals surface area contributed by atoms with Crippen molar-refractivity contribution in [2.45, 2.75) is 70.6 Å². The molecule has 0 aliphatic heterocycles. The van der Waals surface area contributed by atoms with Gasteiger partial charge in [0.2, 0.25) is 0 Å². The van der Waals surface area contributed by atoms with Crippen LogP contribution in [-0.2, 0) is 4.74 Å². The molecule has 0 amide bonds. The first kappa shape index (κ1) is 24.9. The molecule has 0 spiro atoms. The Morgan fingerprint density at radius 3 is 2.42 bits per heavy atom. The zero-order valence-electron chi connectivity index (χ0n) is 19.5. The Morgan fingerprint density at radius 2 is 1.76 bits per heavy atom. The number of benzene rings is 2. The third-order valence-electron chi connectivity index (χ3n) is 6.48. The predicted octanol–water partition coefficient (Wildman–Crippen LogP) is 7.18. The number of hydrogen-bond donors (Lipinski definition) is 0. The quantitative estimate of drug-likeness (QED) is 0.206. The molecule has 1 saturated carbocycles. The van der Waals surface area contributed by atoms with E-state index in [1.807, 2.05) is 12.1 Å². The number of hydrogen-bond acceptors (Lipinski definition) is 4. The first-order chi connectivity index (χ1) is 16.1. The Balaban J connectivity index is 1.41. The van der Waals surface area contributed by atoms with Crippen molar-refractivity contribution < 1.29 is 18.7 Å². The lowest BCUT2D eigenvalue weighted by atomic mass is 9.79. The monoisotopic (exact) mass is 451 g/mol. The first-order valence-electron chi connectivity index (χ1n) is 12.2. The molecule has 0 aromatic heterocycles. The lowest BCUT2D eigenvalue weighted by molar-refractivity contribution is 0.0734. The minimum absolute atomic E-state index is 0.0807. The van der Waals surface area contributed by atoms with E-state index in [9.17, 15) is 9.18 Å². The highest BCUT2D eigenvalue weighted by Crippen LogP contribution is 2.36. The molecule has 0 radical (unpaired) electrons. The Morgan fingerprint density at radius 1 is 1.03 bits per heavy atom. The Labute approximate surface area is 196 Å². The van der Waals surface area contributed by atoms with Gasteiger partial charge >= 0.3 is 5.97 Å². The topological polar surface area (TPSA) is 59.3 Å². The van der Waals surface area contributed by atoms with Gasteiger partial charge in [0.25, 0.3) is 0 Å². The van der Waals surface area contributed by atoms with Crippen LogP contribution in [0.3, 0.4) is 0 Å². The highest BCUT2D eigenvalue weighted by molar-refractivity contribution is 5.91.